The van der Waals surface area contributed by atoms with Crippen molar-refractivity contribution >= 4 is 11.7 Å². The van der Waals surface area contributed by atoms with E-state index >= 15 is 0 Å². The molecule has 3 rings (SSSR count). The molecule has 0 saturated heterocycles. The van der Waals surface area contributed by atoms with E-state index in [4.69, 9.17) is 0 Å². The monoisotopic (exact) mass is 370 g/mol. The fourth-order valence-corrected chi connectivity index (χ4v) is 3.73. The lowest BCUT2D eigenvalue weighted by Gasteiger charge is -2.11. The Kier molecular flexibility index (Phi) is 6.42. The van der Waals surface area contributed by atoms with Crippen LogP contribution in [0.15, 0.2) is 12.1 Å². The molecule has 0 unspecified atom stereocenters. The lowest BCUT2D eigenvalue weighted by molar-refractivity contribution is -0.121. The second-order valence-corrected chi connectivity index (χ2v) is 7.46. The zero-order chi connectivity index (χ0) is 19.2. The molecule has 27 heavy (non-hydrogen) atoms. The highest BCUT2D eigenvalue weighted by atomic mass is 16.1. The van der Waals surface area contributed by atoms with E-state index in [1.807, 2.05) is 37.6 Å². The van der Waals surface area contributed by atoms with Gasteiger partial charge in [0.2, 0.25) is 5.91 Å². The number of aromatic nitrogens is 4. The van der Waals surface area contributed by atoms with E-state index < -0.39 is 0 Å². The Morgan fingerprint density at radius 3 is 2.63 bits per heavy atom. The summed E-state index contributed by atoms with van der Waals surface area (Å²) < 4.78 is 1.82. The first-order valence-corrected chi connectivity index (χ1v) is 9.91. The maximum Gasteiger partial charge on any atom is 0.220 e. The van der Waals surface area contributed by atoms with Crippen LogP contribution in [-0.4, -0.2) is 38.7 Å². The van der Waals surface area contributed by atoms with Crippen LogP contribution >= 0.6 is 0 Å². The molecule has 1 saturated carbocycles. The third-order valence-electron chi connectivity index (χ3n) is 5.06. The van der Waals surface area contributed by atoms with Crippen LogP contribution in [0.25, 0.3) is 5.82 Å². The summed E-state index contributed by atoms with van der Waals surface area (Å²) in [5.74, 6) is 3.07. The zero-order valence-corrected chi connectivity index (χ0v) is 16.6. The number of carbonyl (C=O) groups excluding carboxylic acids is 1. The van der Waals surface area contributed by atoms with E-state index in [1.54, 1.807) is 0 Å². The van der Waals surface area contributed by atoms with Gasteiger partial charge in [0.25, 0.3) is 0 Å². The summed E-state index contributed by atoms with van der Waals surface area (Å²) in [6, 6.07) is 3.90. The minimum absolute atomic E-state index is 0.144. The molecule has 0 atom stereocenters. The van der Waals surface area contributed by atoms with Crippen molar-refractivity contribution in [3.05, 3.63) is 29.3 Å². The van der Waals surface area contributed by atoms with Gasteiger partial charge in [-0.05, 0) is 39.2 Å². The highest BCUT2D eigenvalue weighted by Gasteiger charge is 2.16. The first kappa shape index (κ1) is 19.3. The SMILES string of the molecule is Cc1cc(C)n(-c2cc(NCCNC(=O)CCC3CCCC3)nc(C)n2)n1. The lowest BCUT2D eigenvalue weighted by Crippen LogP contribution is -2.29. The average Bonchev–Trinajstić information content (AvgIpc) is 3.25. The molecule has 2 aromatic heterocycles. The minimum Gasteiger partial charge on any atom is -0.368 e. The summed E-state index contributed by atoms with van der Waals surface area (Å²) in [6.45, 7) is 7.05. The first-order valence-electron chi connectivity index (χ1n) is 9.91. The average molecular weight is 371 g/mol. The van der Waals surface area contributed by atoms with Crippen molar-refractivity contribution < 1.29 is 4.79 Å². The van der Waals surface area contributed by atoms with Gasteiger partial charge in [0.1, 0.15) is 11.6 Å². The zero-order valence-electron chi connectivity index (χ0n) is 16.6. The molecule has 2 aromatic rings. The van der Waals surface area contributed by atoms with Gasteiger partial charge < -0.3 is 10.6 Å². The summed E-state index contributed by atoms with van der Waals surface area (Å²) in [4.78, 5) is 20.9. The van der Waals surface area contributed by atoms with Gasteiger partial charge >= 0.3 is 0 Å². The third-order valence-corrected chi connectivity index (χ3v) is 5.06. The third kappa shape index (κ3) is 5.52. The van der Waals surface area contributed by atoms with E-state index in [1.165, 1.54) is 25.7 Å². The van der Waals surface area contributed by atoms with Crippen molar-refractivity contribution in [1.29, 1.82) is 0 Å². The fourth-order valence-electron chi connectivity index (χ4n) is 3.73. The molecular weight excluding hydrogens is 340 g/mol. The van der Waals surface area contributed by atoms with E-state index in [0.717, 1.165) is 35.4 Å². The van der Waals surface area contributed by atoms with Crippen molar-refractivity contribution in [1.82, 2.24) is 25.1 Å². The summed E-state index contributed by atoms with van der Waals surface area (Å²) in [5, 5.41) is 10.7. The number of nitrogens with one attached hydrogen (secondary N) is 2. The Morgan fingerprint density at radius 1 is 1.15 bits per heavy atom. The number of aryl methyl sites for hydroxylation is 3. The molecule has 0 aromatic carbocycles. The molecule has 0 bridgehead atoms. The molecule has 7 nitrogen and oxygen atoms in total. The highest BCUT2D eigenvalue weighted by molar-refractivity contribution is 5.75. The number of nitrogens with zero attached hydrogens (tertiary/aromatic N) is 4. The van der Waals surface area contributed by atoms with Gasteiger partial charge in [-0.15, -0.1) is 0 Å². The van der Waals surface area contributed by atoms with Gasteiger partial charge in [0.05, 0.1) is 5.69 Å². The van der Waals surface area contributed by atoms with E-state index in [0.29, 0.717) is 25.3 Å². The summed E-state index contributed by atoms with van der Waals surface area (Å²) in [6.07, 6.45) is 6.90. The van der Waals surface area contributed by atoms with E-state index in [-0.39, 0.29) is 5.91 Å². The number of rotatable bonds is 8. The van der Waals surface area contributed by atoms with Crippen LogP contribution < -0.4 is 10.6 Å². The number of anilines is 1. The van der Waals surface area contributed by atoms with Crippen molar-refractivity contribution in [2.24, 2.45) is 5.92 Å². The standard InChI is InChI=1S/C20H30N6O/c1-14-12-15(2)26(25-14)19-13-18(23-16(3)24-19)21-10-11-22-20(27)9-8-17-6-4-5-7-17/h12-13,17H,4-11H2,1-3H3,(H,22,27)(H,21,23,24). The number of hydrogen-bond donors (Lipinski definition) is 2. The van der Waals surface area contributed by atoms with Crippen LogP contribution in [-0.2, 0) is 4.79 Å². The molecule has 0 aliphatic heterocycles. The van der Waals surface area contributed by atoms with Crippen molar-refractivity contribution in [2.45, 2.75) is 59.3 Å². The number of hydrogen-bond acceptors (Lipinski definition) is 5. The Morgan fingerprint density at radius 2 is 1.93 bits per heavy atom. The van der Waals surface area contributed by atoms with E-state index in [9.17, 15) is 4.79 Å². The first-order chi connectivity index (χ1) is 13.0. The second-order valence-electron chi connectivity index (χ2n) is 7.46. The maximum absolute atomic E-state index is 12.0. The van der Waals surface area contributed by atoms with Crippen LogP contribution in [0.2, 0.25) is 0 Å². The molecule has 146 valence electrons. The molecule has 0 spiro atoms. The normalized spacial score (nSPS) is 14.5. The molecular formula is C20H30N6O. The van der Waals surface area contributed by atoms with Crippen molar-refractivity contribution in [2.75, 3.05) is 18.4 Å². The van der Waals surface area contributed by atoms with Crippen molar-refractivity contribution in [3.8, 4) is 5.82 Å². The summed E-state index contributed by atoms with van der Waals surface area (Å²) in [7, 11) is 0. The Bertz CT molecular complexity index is 779. The smallest absolute Gasteiger partial charge is 0.220 e. The molecule has 1 fully saturated rings. The summed E-state index contributed by atoms with van der Waals surface area (Å²) >= 11 is 0. The largest absolute Gasteiger partial charge is 0.368 e. The van der Waals surface area contributed by atoms with Gasteiger partial charge in [-0.25, -0.2) is 14.6 Å². The quantitative estimate of drug-likeness (QED) is 0.698. The van der Waals surface area contributed by atoms with Gasteiger partial charge in [-0.1, -0.05) is 25.7 Å². The van der Waals surface area contributed by atoms with Crippen LogP contribution in [0.5, 0.6) is 0 Å². The van der Waals surface area contributed by atoms with Gasteiger partial charge in [-0.2, -0.15) is 5.10 Å². The molecule has 1 aliphatic rings. The lowest BCUT2D eigenvalue weighted by atomic mass is 10.0. The van der Waals surface area contributed by atoms with Gasteiger partial charge in [-0.3, -0.25) is 4.79 Å². The Hall–Kier alpha value is -2.44. The van der Waals surface area contributed by atoms with Crippen LogP contribution in [0, 0.1) is 26.7 Å². The molecule has 0 radical (unpaired) electrons. The second kappa shape index (κ2) is 8.97. The Balaban J connectivity index is 1.46. The number of carbonyl (C=O) groups is 1. The molecule has 2 heterocycles. The van der Waals surface area contributed by atoms with Crippen molar-refractivity contribution in [3.63, 3.8) is 0 Å². The highest BCUT2D eigenvalue weighted by Crippen LogP contribution is 2.28. The van der Waals surface area contributed by atoms with Gasteiger partial charge in [0.15, 0.2) is 5.82 Å². The predicted molar refractivity (Wildman–Crippen MR) is 106 cm³/mol. The predicted octanol–water partition coefficient (Wildman–Crippen LogP) is 3.09. The van der Waals surface area contributed by atoms with E-state index in [2.05, 4.69) is 25.7 Å². The van der Waals surface area contributed by atoms with Crippen LogP contribution in [0.1, 0.15) is 55.7 Å². The molecule has 1 aliphatic carbocycles. The maximum atomic E-state index is 12.0. The molecule has 7 heteroatoms. The molecule has 1 amide bonds. The van der Waals surface area contributed by atoms with Gasteiger partial charge in [0, 0.05) is 31.3 Å². The minimum atomic E-state index is 0.144. The summed E-state index contributed by atoms with van der Waals surface area (Å²) in [5.41, 5.74) is 1.99. The Labute approximate surface area is 161 Å². The molecule has 2 N–H and O–H groups in total. The number of amides is 1. The topological polar surface area (TPSA) is 84.7 Å². The van der Waals surface area contributed by atoms with Crippen LogP contribution in [0.4, 0.5) is 5.82 Å². The van der Waals surface area contributed by atoms with Crippen LogP contribution in [0.3, 0.4) is 0 Å². The fraction of sp³-hybridized carbons (Fsp3) is 0.600.